The first kappa shape index (κ1) is 16.7. The molecule has 1 aromatic heterocycles. The van der Waals surface area contributed by atoms with Crippen LogP contribution in [0.1, 0.15) is 50.4 Å². The summed E-state index contributed by atoms with van der Waals surface area (Å²) in [6, 6.07) is 6.02. The Morgan fingerprint density at radius 1 is 1.32 bits per heavy atom. The quantitative estimate of drug-likeness (QED) is 0.908. The molecule has 2 aromatic rings. The molecule has 0 bridgehead atoms. The third-order valence-electron chi connectivity index (χ3n) is 5.00. The summed E-state index contributed by atoms with van der Waals surface area (Å²) >= 11 is 0. The minimum atomic E-state index is -3.29. The number of sulfonamides is 1. The van der Waals surface area contributed by atoms with Crippen molar-refractivity contribution in [3.05, 3.63) is 47.5 Å². The molecule has 1 fully saturated rings. The van der Waals surface area contributed by atoms with Crippen LogP contribution < -0.4 is 4.72 Å². The Balaban J connectivity index is 1.74. The van der Waals surface area contributed by atoms with Crippen molar-refractivity contribution < 1.29 is 12.8 Å². The molecule has 1 N–H and O–H groups in total. The van der Waals surface area contributed by atoms with Crippen LogP contribution in [0.2, 0.25) is 0 Å². The van der Waals surface area contributed by atoms with Crippen molar-refractivity contribution >= 4 is 10.0 Å². The lowest BCUT2D eigenvalue weighted by Gasteiger charge is -2.35. The summed E-state index contributed by atoms with van der Waals surface area (Å²) in [4.78, 5) is 0. The number of benzene rings is 1. The van der Waals surface area contributed by atoms with Crippen LogP contribution in [-0.2, 0) is 16.4 Å². The van der Waals surface area contributed by atoms with Gasteiger partial charge >= 0.3 is 0 Å². The molecule has 2 aliphatic carbocycles. The lowest BCUT2D eigenvalue weighted by Crippen LogP contribution is -2.38. The summed E-state index contributed by atoms with van der Waals surface area (Å²) in [6.07, 6.45) is 4.68. The van der Waals surface area contributed by atoms with E-state index in [2.05, 4.69) is 23.7 Å². The van der Waals surface area contributed by atoms with Crippen LogP contribution in [0.25, 0.3) is 5.69 Å². The number of aromatic nitrogens is 2. The molecule has 0 amide bonds. The van der Waals surface area contributed by atoms with E-state index in [0.717, 1.165) is 36.9 Å². The van der Waals surface area contributed by atoms with Gasteiger partial charge in [-0.2, -0.15) is 5.10 Å². The van der Waals surface area contributed by atoms with Crippen molar-refractivity contribution in [2.24, 2.45) is 5.41 Å². The SMILES string of the molecule is CC1(C)Cc2c(cnn2-c2cccc(F)c2)[C@H](NS(=O)(=O)C2CC2)C1. The Morgan fingerprint density at radius 3 is 2.76 bits per heavy atom. The van der Waals surface area contributed by atoms with Crippen LogP contribution in [0.5, 0.6) is 0 Å². The molecule has 1 saturated carbocycles. The first-order valence-electron chi connectivity index (χ1n) is 8.59. The second-order valence-corrected chi connectivity index (χ2v) is 9.89. The van der Waals surface area contributed by atoms with E-state index in [9.17, 15) is 12.8 Å². The first-order chi connectivity index (χ1) is 11.8. The van der Waals surface area contributed by atoms with Gasteiger partial charge in [0.25, 0.3) is 0 Å². The van der Waals surface area contributed by atoms with Crippen molar-refractivity contribution in [3.63, 3.8) is 0 Å². The highest BCUT2D eigenvalue weighted by atomic mass is 32.2. The Kier molecular flexibility index (Phi) is 3.77. The monoisotopic (exact) mass is 363 g/mol. The highest BCUT2D eigenvalue weighted by molar-refractivity contribution is 7.90. The topological polar surface area (TPSA) is 64.0 Å². The lowest BCUT2D eigenvalue weighted by atomic mass is 9.74. The molecular formula is C18H22FN3O2S. The number of hydrogen-bond acceptors (Lipinski definition) is 3. The summed E-state index contributed by atoms with van der Waals surface area (Å²) < 4.78 is 43.1. The van der Waals surface area contributed by atoms with Gasteiger partial charge in [-0.15, -0.1) is 0 Å². The molecule has 0 unspecified atom stereocenters. The molecule has 1 atom stereocenters. The molecule has 1 heterocycles. The molecule has 25 heavy (non-hydrogen) atoms. The second kappa shape index (κ2) is 5.64. The zero-order chi connectivity index (χ0) is 17.8. The fraction of sp³-hybridized carbons (Fsp3) is 0.500. The van der Waals surface area contributed by atoms with E-state index in [1.165, 1.54) is 12.1 Å². The van der Waals surface area contributed by atoms with Crippen molar-refractivity contribution in [2.75, 3.05) is 0 Å². The number of halogens is 1. The van der Waals surface area contributed by atoms with Crippen molar-refractivity contribution in [1.82, 2.24) is 14.5 Å². The van der Waals surface area contributed by atoms with E-state index < -0.39 is 10.0 Å². The van der Waals surface area contributed by atoms with Crippen LogP contribution in [0.15, 0.2) is 30.5 Å². The maximum atomic E-state index is 13.6. The van der Waals surface area contributed by atoms with Gasteiger partial charge < -0.3 is 0 Å². The minimum absolute atomic E-state index is 0.0746. The molecule has 134 valence electrons. The summed E-state index contributed by atoms with van der Waals surface area (Å²) in [7, 11) is -3.29. The van der Waals surface area contributed by atoms with E-state index in [-0.39, 0.29) is 22.5 Å². The van der Waals surface area contributed by atoms with Gasteiger partial charge in [0, 0.05) is 11.3 Å². The number of hydrogen-bond donors (Lipinski definition) is 1. The van der Waals surface area contributed by atoms with Gasteiger partial charge in [-0.05, 0) is 49.3 Å². The molecule has 2 aliphatic rings. The van der Waals surface area contributed by atoms with Gasteiger partial charge in [0.05, 0.1) is 23.2 Å². The minimum Gasteiger partial charge on any atom is -0.237 e. The normalized spacial score (nSPS) is 22.6. The molecule has 0 aliphatic heterocycles. The Labute approximate surface area is 147 Å². The van der Waals surface area contributed by atoms with E-state index in [1.807, 2.05) is 0 Å². The molecule has 0 spiro atoms. The molecule has 0 saturated heterocycles. The van der Waals surface area contributed by atoms with Crippen LogP contribution in [0.4, 0.5) is 4.39 Å². The summed E-state index contributed by atoms with van der Waals surface area (Å²) in [5.41, 5.74) is 2.43. The van der Waals surface area contributed by atoms with Crippen molar-refractivity contribution in [3.8, 4) is 5.69 Å². The fourth-order valence-corrected chi connectivity index (χ4v) is 5.21. The number of nitrogens with one attached hydrogen (secondary N) is 1. The standard InChI is InChI=1S/C18H22FN3O2S/c1-18(2)9-16(21-25(23,24)14-6-7-14)15-11-20-22(17(15)10-18)13-5-3-4-12(19)8-13/h3-5,8,11,14,16,21H,6-7,9-10H2,1-2H3/t16-/m1/s1. The van der Waals surface area contributed by atoms with Crippen LogP contribution >= 0.6 is 0 Å². The Bertz CT molecular complexity index is 916. The molecule has 1 aromatic carbocycles. The number of rotatable bonds is 4. The maximum Gasteiger partial charge on any atom is 0.215 e. The fourth-order valence-electron chi connectivity index (χ4n) is 3.65. The van der Waals surface area contributed by atoms with E-state index in [0.29, 0.717) is 5.69 Å². The molecule has 7 heteroatoms. The van der Waals surface area contributed by atoms with E-state index in [1.54, 1.807) is 23.0 Å². The van der Waals surface area contributed by atoms with Gasteiger partial charge in [0.2, 0.25) is 10.0 Å². The number of fused-ring (bicyclic) bond motifs is 1. The Hall–Kier alpha value is -1.73. The number of nitrogens with zero attached hydrogens (tertiary/aromatic N) is 2. The largest absolute Gasteiger partial charge is 0.237 e. The molecule has 4 rings (SSSR count). The average molecular weight is 363 g/mol. The lowest BCUT2D eigenvalue weighted by molar-refractivity contribution is 0.268. The zero-order valence-corrected chi connectivity index (χ0v) is 15.2. The molecule has 0 radical (unpaired) electrons. The molecular weight excluding hydrogens is 341 g/mol. The predicted octanol–water partition coefficient (Wildman–Crippen LogP) is 3.11. The van der Waals surface area contributed by atoms with Crippen molar-refractivity contribution in [1.29, 1.82) is 0 Å². The van der Waals surface area contributed by atoms with Gasteiger partial charge in [-0.1, -0.05) is 19.9 Å². The summed E-state index contributed by atoms with van der Waals surface area (Å²) in [5.74, 6) is -0.317. The molecule has 5 nitrogen and oxygen atoms in total. The van der Waals surface area contributed by atoms with E-state index >= 15 is 0 Å². The first-order valence-corrected chi connectivity index (χ1v) is 10.1. The second-order valence-electron chi connectivity index (χ2n) is 7.90. The van der Waals surface area contributed by atoms with Crippen LogP contribution in [-0.4, -0.2) is 23.4 Å². The predicted molar refractivity (Wildman–Crippen MR) is 93.4 cm³/mol. The van der Waals surface area contributed by atoms with E-state index in [4.69, 9.17) is 0 Å². The third-order valence-corrected chi connectivity index (χ3v) is 6.96. The zero-order valence-electron chi connectivity index (χ0n) is 14.4. The van der Waals surface area contributed by atoms with Crippen molar-refractivity contribution in [2.45, 2.75) is 50.8 Å². The smallest absolute Gasteiger partial charge is 0.215 e. The van der Waals surface area contributed by atoms with Crippen LogP contribution in [0.3, 0.4) is 0 Å². The highest BCUT2D eigenvalue weighted by Crippen LogP contribution is 2.42. The summed E-state index contributed by atoms with van der Waals surface area (Å²) in [6.45, 7) is 4.24. The highest BCUT2D eigenvalue weighted by Gasteiger charge is 2.41. The average Bonchev–Trinajstić information content (AvgIpc) is 3.28. The summed E-state index contributed by atoms with van der Waals surface area (Å²) in [5, 5.41) is 4.18. The Morgan fingerprint density at radius 2 is 2.08 bits per heavy atom. The maximum absolute atomic E-state index is 13.6. The van der Waals surface area contributed by atoms with Gasteiger partial charge in [0.15, 0.2) is 0 Å². The van der Waals surface area contributed by atoms with Gasteiger partial charge in [-0.3, -0.25) is 0 Å². The third kappa shape index (κ3) is 3.22. The van der Waals surface area contributed by atoms with Gasteiger partial charge in [0.1, 0.15) is 5.82 Å². The van der Waals surface area contributed by atoms with Crippen LogP contribution in [0, 0.1) is 11.2 Å². The van der Waals surface area contributed by atoms with Gasteiger partial charge in [-0.25, -0.2) is 22.2 Å².